The van der Waals surface area contributed by atoms with Crippen LogP contribution in [-0.4, -0.2) is 74.1 Å². The molecule has 0 spiro atoms. The Morgan fingerprint density at radius 1 is 1.16 bits per heavy atom. The van der Waals surface area contributed by atoms with Crippen molar-refractivity contribution in [3.8, 4) is 0 Å². The molecule has 1 saturated heterocycles. The molecule has 7 nitrogen and oxygen atoms in total. The number of alkyl halides is 1. The normalized spacial score (nSPS) is 22.9. The number of fused-ring (bicyclic) bond motifs is 2. The number of allylic oxidation sites excluding steroid dienone is 4. The van der Waals surface area contributed by atoms with E-state index in [9.17, 15) is 9.18 Å². The summed E-state index contributed by atoms with van der Waals surface area (Å²) in [4.78, 5) is 24.7. The quantitative estimate of drug-likeness (QED) is 0.579. The van der Waals surface area contributed by atoms with Crippen LogP contribution in [0.15, 0.2) is 54.2 Å². The number of piperazine rings is 1. The summed E-state index contributed by atoms with van der Waals surface area (Å²) < 4.78 is 14.5. The van der Waals surface area contributed by atoms with E-state index in [0.29, 0.717) is 12.5 Å². The monoisotopic (exact) mass is 504 g/mol. The summed E-state index contributed by atoms with van der Waals surface area (Å²) in [6.07, 6.45) is 14.2. The molecule has 2 aromatic rings. The molecule has 2 atom stereocenters. The molecule has 0 radical (unpaired) electrons. The third kappa shape index (κ3) is 5.12. The van der Waals surface area contributed by atoms with E-state index in [1.54, 1.807) is 11.0 Å². The maximum absolute atomic E-state index is 13.6. The highest BCUT2D eigenvalue weighted by molar-refractivity contribution is 5.98. The van der Waals surface area contributed by atoms with Crippen molar-refractivity contribution in [1.29, 1.82) is 0 Å². The SMILES string of the molecule is CCc1nc(C)cn2nc(C3=CC(=O)N4C=C(N5CCN(CCCF)C(C)C5)C=CC4=CCC3C)cc12. The van der Waals surface area contributed by atoms with Crippen molar-refractivity contribution < 1.29 is 9.18 Å². The van der Waals surface area contributed by atoms with Gasteiger partial charge in [-0.3, -0.25) is 24.0 Å². The van der Waals surface area contributed by atoms with Crippen LogP contribution in [0.5, 0.6) is 0 Å². The minimum absolute atomic E-state index is 0.0636. The van der Waals surface area contributed by atoms with Gasteiger partial charge in [0.05, 0.1) is 41.2 Å². The van der Waals surface area contributed by atoms with Crippen molar-refractivity contribution in [1.82, 2.24) is 29.3 Å². The topological polar surface area (TPSA) is 57.0 Å². The molecule has 5 heterocycles. The minimum atomic E-state index is -0.271. The number of carbonyl (C=O) groups is 1. The molecular weight excluding hydrogens is 467 g/mol. The van der Waals surface area contributed by atoms with Gasteiger partial charge in [-0.05, 0) is 62.8 Å². The predicted octanol–water partition coefficient (Wildman–Crippen LogP) is 4.51. The van der Waals surface area contributed by atoms with Crippen LogP contribution in [0.3, 0.4) is 0 Å². The van der Waals surface area contributed by atoms with E-state index in [4.69, 9.17) is 5.10 Å². The summed E-state index contributed by atoms with van der Waals surface area (Å²) in [5.41, 5.74) is 6.65. The lowest BCUT2D eigenvalue weighted by atomic mass is 9.92. The van der Waals surface area contributed by atoms with Gasteiger partial charge in [0.1, 0.15) is 0 Å². The van der Waals surface area contributed by atoms with E-state index in [0.717, 1.165) is 78.6 Å². The van der Waals surface area contributed by atoms with Crippen molar-refractivity contribution in [2.24, 2.45) is 5.92 Å². The van der Waals surface area contributed by atoms with Gasteiger partial charge in [-0.25, -0.2) is 4.52 Å². The van der Waals surface area contributed by atoms with Crippen molar-refractivity contribution in [2.45, 2.75) is 53.0 Å². The van der Waals surface area contributed by atoms with Gasteiger partial charge in [0.25, 0.3) is 5.91 Å². The zero-order chi connectivity index (χ0) is 26.1. The van der Waals surface area contributed by atoms with Crippen molar-refractivity contribution in [3.05, 3.63) is 71.2 Å². The molecule has 2 unspecified atom stereocenters. The molecule has 37 heavy (non-hydrogen) atoms. The fourth-order valence-corrected chi connectivity index (χ4v) is 5.55. The summed E-state index contributed by atoms with van der Waals surface area (Å²) in [5.74, 6) is 0.0889. The van der Waals surface area contributed by atoms with Crippen LogP contribution in [0, 0.1) is 12.8 Å². The average molecular weight is 505 g/mol. The van der Waals surface area contributed by atoms with Gasteiger partial charge in [-0.15, -0.1) is 0 Å². The Hall–Kier alpha value is -3.26. The van der Waals surface area contributed by atoms with E-state index in [2.05, 4.69) is 53.8 Å². The van der Waals surface area contributed by atoms with Gasteiger partial charge >= 0.3 is 0 Å². The van der Waals surface area contributed by atoms with E-state index >= 15 is 0 Å². The molecule has 0 N–H and O–H groups in total. The van der Waals surface area contributed by atoms with Crippen LogP contribution in [0.2, 0.25) is 0 Å². The number of hydrogen-bond donors (Lipinski definition) is 0. The number of aryl methyl sites for hydroxylation is 2. The van der Waals surface area contributed by atoms with Crippen LogP contribution >= 0.6 is 0 Å². The second kappa shape index (κ2) is 10.6. The van der Waals surface area contributed by atoms with Gasteiger partial charge in [0.15, 0.2) is 0 Å². The maximum atomic E-state index is 13.6. The maximum Gasteiger partial charge on any atom is 0.255 e. The fraction of sp³-hybridized carbons (Fsp3) is 0.483. The Labute approximate surface area is 218 Å². The Balaban J connectivity index is 1.41. The Morgan fingerprint density at radius 3 is 2.73 bits per heavy atom. The summed E-state index contributed by atoms with van der Waals surface area (Å²) in [5, 5.41) is 4.84. The Bertz CT molecular complexity index is 1300. The summed E-state index contributed by atoms with van der Waals surface area (Å²) in [6, 6.07) is 2.40. The third-order valence-electron chi connectivity index (χ3n) is 7.68. The van der Waals surface area contributed by atoms with Gasteiger partial charge in [-0.2, -0.15) is 5.10 Å². The van der Waals surface area contributed by atoms with Gasteiger partial charge in [-0.1, -0.05) is 19.9 Å². The largest absolute Gasteiger partial charge is 0.367 e. The van der Waals surface area contributed by atoms with Crippen LogP contribution in [0.25, 0.3) is 11.1 Å². The number of hydrogen-bond acceptors (Lipinski definition) is 5. The van der Waals surface area contributed by atoms with E-state index in [1.165, 1.54) is 0 Å². The lowest BCUT2D eigenvalue weighted by Crippen LogP contribution is -2.51. The van der Waals surface area contributed by atoms with Crippen molar-refractivity contribution in [2.75, 3.05) is 32.9 Å². The van der Waals surface area contributed by atoms with Crippen LogP contribution < -0.4 is 0 Å². The number of rotatable bonds is 6. The predicted molar refractivity (Wildman–Crippen MR) is 144 cm³/mol. The lowest BCUT2D eigenvalue weighted by molar-refractivity contribution is -0.122. The number of nitrogens with zero attached hydrogens (tertiary/aromatic N) is 6. The van der Waals surface area contributed by atoms with Crippen molar-refractivity contribution >= 4 is 17.0 Å². The summed E-state index contributed by atoms with van der Waals surface area (Å²) in [7, 11) is 0. The molecule has 3 aliphatic rings. The van der Waals surface area contributed by atoms with E-state index in [-0.39, 0.29) is 18.5 Å². The summed E-state index contributed by atoms with van der Waals surface area (Å²) in [6.45, 7) is 11.6. The molecule has 196 valence electrons. The van der Waals surface area contributed by atoms with Crippen molar-refractivity contribution in [3.63, 3.8) is 0 Å². The number of aromatic nitrogens is 3. The molecule has 5 rings (SSSR count). The fourth-order valence-electron chi connectivity index (χ4n) is 5.55. The highest BCUT2D eigenvalue weighted by Crippen LogP contribution is 2.32. The molecule has 0 aromatic carbocycles. The lowest BCUT2D eigenvalue weighted by Gasteiger charge is -2.42. The number of halogens is 1. The molecule has 1 amide bonds. The number of amides is 1. The zero-order valence-electron chi connectivity index (χ0n) is 22.3. The van der Waals surface area contributed by atoms with Crippen LogP contribution in [0.4, 0.5) is 4.39 Å². The smallest absolute Gasteiger partial charge is 0.255 e. The molecule has 0 saturated carbocycles. The molecule has 2 aromatic heterocycles. The Kier molecular flexibility index (Phi) is 7.29. The molecule has 3 aliphatic heterocycles. The van der Waals surface area contributed by atoms with Gasteiger partial charge in [0, 0.05) is 50.2 Å². The highest BCUT2D eigenvalue weighted by Gasteiger charge is 2.28. The van der Waals surface area contributed by atoms with Crippen LogP contribution in [0.1, 0.15) is 50.7 Å². The third-order valence-corrected chi connectivity index (χ3v) is 7.68. The second-order valence-corrected chi connectivity index (χ2v) is 10.4. The van der Waals surface area contributed by atoms with E-state index < -0.39 is 0 Å². The number of carbonyl (C=O) groups excluding carboxylic acids is 1. The highest BCUT2D eigenvalue weighted by atomic mass is 19.1. The first-order chi connectivity index (χ1) is 17.9. The first-order valence-corrected chi connectivity index (χ1v) is 13.4. The molecule has 0 aliphatic carbocycles. The summed E-state index contributed by atoms with van der Waals surface area (Å²) >= 11 is 0. The van der Waals surface area contributed by atoms with Gasteiger partial charge < -0.3 is 4.90 Å². The Morgan fingerprint density at radius 2 is 1.97 bits per heavy atom. The average Bonchev–Trinajstić information content (AvgIpc) is 3.31. The second-order valence-electron chi connectivity index (χ2n) is 10.4. The molecule has 0 bridgehead atoms. The van der Waals surface area contributed by atoms with E-state index in [1.807, 2.05) is 29.9 Å². The molecule has 1 fully saturated rings. The van der Waals surface area contributed by atoms with Crippen LogP contribution in [-0.2, 0) is 11.2 Å². The standard InChI is InChI=1S/C29H37FN6O/c1-5-26-28-16-27(32-36(28)17-21(3)31-26)25-15-29(37)35-19-24(10-9-23(35)8-7-20(25)2)34-14-13-33(12-6-11-30)22(4)18-34/h8-10,15-17,19-20,22H,5-7,11-14,18H2,1-4H3. The zero-order valence-corrected chi connectivity index (χ0v) is 22.3. The first kappa shape index (κ1) is 25.4. The first-order valence-electron chi connectivity index (χ1n) is 13.4. The molecular formula is C29H37FN6O. The van der Waals surface area contributed by atoms with Gasteiger partial charge in [0.2, 0.25) is 0 Å². The molecule has 8 heteroatoms. The minimum Gasteiger partial charge on any atom is -0.367 e.